The van der Waals surface area contributed by atoms with E-state index in [9.17, 15) is 9.90 Å². The van der Waals surface area contributed by atoms with Crippen LogP contribution in [0.25, 0.3) is 0 Å². The van der Waals surface area contributed by atoms with Crippen molar-refractivity contribution >= 4 is 5.97 Å². The quantitative estimate of drug-likeness (QED) is 0.633. The van der Waals surface area contributed by atoms with Crippen LogP contribution in [0.3, 0.4) is 0 Å². The normalized spacial score (nSPS) is 38.4. The maximum absolute atomic E-state index is 11.5. The molecule has 1 N–H and O–H groups in total. The van der Waals surface area contributed by atoms with Gasteiger partial charge < -0.3 is 9.84 Å². The van der Waals surface area contributed by atoms with Gasteiger partial charge in [0.2, 0.25) is 0 Å². The number of aliphatic hydroxyl groups is 1. The smallest absolute Gasteiger partial charge is 0.308 e. The minimum Gasteiger partial charge on any atom is -0.426 e. The zero-order valence-corrected chi connectivity index (χ0v) is 14.0. The van der Waals surface area contributed by atoms with Gasteiger partial charge in [0.15, 0.2) is 0 Å². The Morgan fingerprint density at radius 2 is 2.09 bits per heavy atom. The molecule has 0 aromatic heterocycles. The van der Waals surface area contributed by atoms with Crippen LogP contribution in [-0.4, -0.2) is 17.2 Å². The Balaban J connectivity index is 1.73. The minimum atomic E-state index is -0.238. The van der Waals surface area contributed by atoms with E-state index in [1.54, 1.807) is 0 Å². The van der Waals surface area contributed by atoms with Crippen LogP contribution < -0.4 is 4.74 Å². The maximum Gasteiger partial charge on any atom is 0.308 e. The molecule has 23 heavy (non-hydrogen) atoms. The molecule has 124 valence electrons. The SMILES string of the molecule is CC(=O)Oc1cccc2c1[C@H]1CC[C@]3(C)[C@@H](O)CC[C@H]3[C@H]1CC2. The van der Waals surface area contributed by atoms with Gasteiger partial charge >= 0.3 is 5.97 Å². The number of hydrogen-bond donors (Lipinski definition) is 1. The third-order valence-corrected chi connectivity index (χ3v) is 6.91. The fraction of sp³-hybridized carbons (Fsp3) is 0.650. The van der Waals surface area contributed by atoms with Crippen LogP contribution in [0, 0.1) is 17.3 Å². The Kier molecular flexibility index (Phi) is 3.53. The van der Waals surface area contributed by atoms with Gasteiger partial charge in [0.25, 0.3) is 0 Å². The Morgan fingerprint density at radius 3 is 2.87 bits per heavy atom. The number of esters is 1. The second-order valence-electron chi connectivity index (χ2n) is 7.98. The predicted octanol–water partition coefficient (Wildman–Crippen LogP) is 3.83. The molecule has 3 heteroatoms. The number of benzene rings is 1. The number of fused-ring (bicyclic) bond motifs is 5. The lowest BCUT2D eigenvalue weighted by Gasteiger charge is -2.50. The van der Waals surface area contributed by atoms with E-state index in [0.717, 1.165) is 37.9 Å². The molecule has 1 aromatic rings. The summed E-state index contributed by atoms with van der Waals surface area (Å²) in [4.78, 5) is 11.5. The van der Waals surface area contributed by atoms with Crippen molar-refractivity contribution in [3.63, 3.8) is 0 Å². The minimum absolute atomic E-state index is 0.0923. The molecule has 0 bridgehead atoms. The molecule has 0 amide bonds. The molecule has 3 aliphatic carbocycles. The first-order valence-electron chi connectivity index (χ1n) is 8.99. The summed E-state index contributed by atoms with van der Waals surface area (Å²) >= 11 is 0. The van der Waals surface area contributed by atoms with Gasteiger partial charge in [-0.1, -0.05) is 19.1 Å². The largest absolute Gasteiger partial charge is 0.426 e. The van der Waals surface area contributed by atoms with Gasteiger partial charge in [0, 0.05) is 12.5 Å². The third kappa shape index (κ3) is 2.24. The van der Waals surface area contributed by atoms with Gasteiger partial charge in [-0.3, -0.25) is 4.79 Å². The number of aryl methyl sites for hydroxylation is 1. The highest BCUT2D eigenvalue weighted by atomic mass is 16.5. The molecule has 2 saturated carbocycles. The van der Waals surface area contributed by atoms with Crippen LogP contribution in [0.4, 0.5) is 0 Å². The second kappa shape index (κ2) is 5.34. The van der Waals surface area contributed by atoms with Crippen molar-refractivity contribution in [2.75, 3.05) is 0 Å². The average molecular weight is 314 g/mol. The molecule has 4 rings (SSSR count). The van der Waals surface area contributed by atoms with Gasteiger partial charge in [0.1, 0.15) is 5.75 Å². The molecule has 3 aliphatic rings. The number of rotatable bonds is 1. The number of carbonyl (C=O) groups excluding carboxylic acids is 1. The van der Waals surface area contributed by atoms with Crippen LogP contribution in [0.15, 0.2) is 18.2 Å². The van der Waals surface area contributed by atoms with E-state index in [4.69, 9.17) is 4.74 Å². The number of aliphatic hydroxyl groups excluding tert-OH is 1. The van der Waals surface area contributed by atoms with Crippen molar-refractivity contribution in [3.8, 4) is 5.75 Å². The standard InChI is InChI=1S/C20H26O3/c1-12(21)23-17-5-3-4-13-6-7-14-15(19(13)17)10-11-20(2)16(14)8-9-18(20)22/h3-5,14-16,18,22H,6-11H2,1-2H3/t14-,15-,16-,18-,20-/m0/s1. The zero-order valence-electron chi connectivity index (χ0n) is 14.0. The van der Waals surface area contributed by atoms with Crippen LogP contribution in [0.1, 0.15) is 63.0 Å². The van der Waals surface area contributed by atoms with E-state index < -0.39 is 0 Å². The molecule has 5 atom stereocenters. The van der Waals surface area contributed by atoms with Gasteiger partial charge in [-0.25, -0.2) is 0 Å². The lowest BCUT2D eigenvalue weighted by molar-refractivity contribution is -0.132. The van der Waals surface area contributed by atoms with Crippen LogP contribution in [-0.2, 0) is 11.2 Å². The summed E-state index contributed by atoms with van der Waals surface area (Å²) < 4.78 is 5.53. The molecule has 2 fully saturated rings. The molecule has 0 unspecified atom stereocenters. The summed E-state index contributed by atoms with van der Waals surface area (Å²) in [6.45, 7) is 3.77. The monoisotopic (exact) mass is 314 g/mol. The fourth-order valence-electron chi connectivity index (χ4n) is 5.82. The molecular formula is C20H26O3. The first-order valence-corrected chi connectivity index (χ1v) is 8.99. The van der Waals surface area contributed by atoms with Crippen LogP contribution in [0.2, 0.25) is 0 Å². The van der Waals surface area contributed by atoms with E-state index in [0.29, 0.717) is 17.8 Å². The summed E-state index contributed by atoms with van der Waals surface area (Å²) in [7, 11) is 0. The number of ether oxygens (including phenoxy) is 1. The first-order chi connectivity index (χ1) is 11.0. The summed E-state index contributed by atoms with van der Waals surface area (Å²) in [6.07, 6.45) is 6.39. The molecule has 0 aliphatic heterocycles. The van der Waals surface area contributed by atoms with Crippen molar-refractivity contribution in [2.45, 2.75) is 64.4 Å². The molecule has 0 spiro atoms. The molecule has 0 radical (unpaired) electrons. The van der Waals surface area contributed by atoms with Crippen LogP contribution in [0.5, 0.6) is 5.75 Å². The van der Waals surface area contributed by atoms with Crippen molar-refractivity contribution in [1.29, 1.82) is 0 Å². The summed E-state index contributed by atoms with van der Waals surface area (Å²) in [6, 6.07) is 6.14. The Labute approximate surface area is 138 Å². The maximum atomic E-state index is 11.5. The predicted molar refractivity (Wildman–Crippen MR) is 88.4 cm³/mol. The van der Waals surface area contributed by atoms with Gasteiger partial charge in [-0.05, 0) is 73.3 Å². The lowest BCUT2D eigenvalue weighted by Crippen LogP contribution is -2.44. The first kappa shape index (κ1) is 15.2. The van der Waals surface area contributed by atoms with Crippen molar-refractivity contribution < 1.29 is 14.6 Å². The molecular weight excluding hydrogens is 288 g/mol. The fourth-order valence-corrected chi connectivity index (χ4v) is 5.82. The number of carbonyl (C=O) groups is 1. The van der Waals surface area contributed by atoms with Gasteiger partial charge in [0.05, 0.1) is 6.10 Å². The summed E-state index contributed by atoms with van der Waals surface area (Å²) in [5.74, 6) is 2.24. The summed E-state index contributed by atoms with van der Waals surface area (Å²) in [5, 5.41) is 10.5. The Morgan fingerprint density at radius 1 is 1.26 bits per heavy atom. The van der Waals surface area contributed by atoms with E-state index in [1.165, 1.54) is 24.5 Å². The topological polar surface area (TPSA) is 46.5 Å². The summed E-state index contributed by atoms with van der Waals surface area (Å²) in [5.41, 5.74) is 2.73. The average Bonchev–Trinajstić information content (AvgIpc) is 2.82. The van der Waals surface area contributed by atoms with E-state index in [2.05, 4.69) is 13.0 Å². The van der Waals surface area contributed by atoms with Crippen LogP contribution >= 0.6 is 0 Å². The lowest BCUT2D eigenvalue weighted by atomic mass is 9.55. The van der Waals surface area contributed by atoms with Crippen molar-refractivity contribution in [2.24, 2.45) is 17.3 Å². The van der Waals surface area contributed by atoms with E-state index >= 15 is 0 Å². The van der Waals surface area contributed by atoms with E-state index in [1.807, 2.05) is 12.1 Å². The van der Waals surface area contributed by atoms with Crippen molar-refractivity contribution in [1.82, 2.24) is 0 Å². The molecule has 0 saturated heterocycles. The molecule has 3 nitrogen and oxygen atoms in total. The molecule has 1 aromatic carbocycles. The highest BCUT2D eigenvalue weighted by molar-refractivity contribution is 5.70. The van der Waals surface area contributed by atoms with Gasteiger partial charge in [-0.15, -0.1) is 0 Å². The second-order valence-corrected chi connectivity index (χ2v) is 7.98. The Hall–Kier alpha value is -1.35. The van der Waals surface area contributed by atoms with Gasteiger partial charge in [-0.2, -0.15) is 0 Å². The molecule has 0 heterocycles. The highest BCUT2D eigenvalue weighted by Crippen LogP contribution is 2.61. The van der Waals surface area contributed by atoms with E-state index in [-0.39, 0.29) is 17.5 Å². The highest BCUT2D eigenvalue weighted by Gasteiger charge is 2.54. The van der Waals surface area contributed by atoms with Crippen molar-refractivity contribution in [3.05, 3.63) is 29.3 Å². The Bertz CT molecular complexity index is 638. The zero-order chi connectivity index (χ0) is 16.2. The number of hydrogen-bond acceptors (Lipinski definition) is 3. The third-order valence-electron chi connectivity index (χ3n) is 6.91.